The van der Waals surface area contributed by atoms with Crippen molar-refractivity contribution < 1.29 is 4.52 Å². The Morgan fingerprint density at radius 3 is 2.86 bits per heavy atom. The van der Waals surface area contributed by atoms with Crippen molar-refractivity contribution in [2.24, 2.45) is 0 Å². The van der Waals surface area contributed by atoms with Gasteiger partial charge in [0.05, 0.1) is 6.04 Å². The van der Waals surface area contributed by atoms with Gasteiger partial charge in [0.2, 0.25) is 5.89 Å². The summed E-state index contributed by atoms with van der Waals surface area (Å²) in [5, 5.41) is 7.42. The van der Waals surface area contributed by atoms with Gasteiger partial charge in [-0.15, -0.1) is 0 Å². The fraction of sp³-hybridized carbons (Fsp3) is 0.800. The SMILES string of the molecule is CC(C)c1nc([C@H]2CCCCN2)no1. The van der Waals surface area contributed by atoms with Crippen molar-refractivity contribution in [2.45, 2.75) is 45.1 Å². The van der Waals surface area contributed by atoms with Crippen LogP contribution in [0.2, 0.25) is 0 Å². The van der Waals surface area contributed by atoms with Crippen LogP contribution >= 0.6 is 0 Å². The number of hydrogen-bond donors (Lipinski definition) is 1. The van der Waals surface area contributed by atoms with E-state index in [9.17, 15) is 0 Å². The summed E-state index contributed by atoms with van der Waals surface area (Å²) in [5.74, 6) is 1.89. The molecule has 0 aliphatic carbocycles. The van der Waals surface area contributed by atoms with Crippen LogP contribution in [-0.4, -0.2) is 16.7 Å². The summed E-state index contributed by atoms with van der Waals surface area (Å²) in [4.78, 5) is 4.39. The number of aromatic nitrogens is 2. The first-order chi connectivity index (χ1) is 6.77. The van der Waals surface area contributed by atoms with Crippen LogP contribution in [0, 0.1) is 0 Å². The summed E-state index contributed by atoms with van der Waals surface area (Å²) in [7, 11) is 0. The maximum atomic E-state index is 5.18. The van der Waals surface area contributed by atoms with Crippen molar-refractivity contribution in [3.8, 4) is 0 Å². The summed E-state index contributed by atoms with van der Waals surface area (Å²) in [6.07, 6.45) is 3.63. The van der Waals surface area contributed by atoms with Crippen molar-refractivity contribution in [1.29, 1.82) is 0 Å². The van der Waals surface area contributed by atoms with Gasteiger partial charge in [0.1, 0.15) is 0 Å². The predicted octanol–water partition coefficient (Wildman–Crippen LogP) is 2.01. The highest BCUT2D eigenvalue weighted by Gasteiger charge is 2.20. The van der Waals surface area contributed by atoms with Gasteiger partial charge in [-0.3, -0.25) is 0 Å². The normalized spacial score (nSPS) is 22.9. The molecular formula is C10H17N3O. The fourth-order valence-corrected chi connectivity index (χ4v) is 1.70. The van der Waals surface area contributed by atoms with E-state index in [4.69, 9.17) is 4.52 Å². The lowest BCUT2D eigenvalue weighted by molar-refractivity contribution is 0.341. The number of rotatable bonds is 2. The molecule has 1 N–H and O–H groups in total. The van der Waals surface area contributed by atoms with E-state index in [0.717, 1.165) is 24.7 Å². The minimum atomic E-state index is 0.306. The van der Waals surface area contributed by atoms with Crippen LogP contribution in [0.5, 0.6) is 0 Å². The number of nitrogens with zero attached hydrogens (tertiary/aromatic N) is 2. The summed E-state index contributed by atoms with van der Waals surface area (Å²) in [6.45, 7) is 5.19. The molecule has 2 heterocycles. The van der Waals surface area contributed by atoms with Crippen molar-refractivity contribution in [3.05, 3.63) is 11.7 Å². The Bertz CT molecular complexity index is 289. The van der Waals surface area contributed by atoms with Crippen LogP contribution in [0.4, 0.5) is 0 Å². The zero-order valence-corrected chi connectivity index (χ0v) is 8.79. The lowest BCUT2D eigenvalue weighted by atomic mass is 10.0. The Balaban J connectivity index is 2.07. The molecule has 0 amide bonds. The Labute approximate surface area is 84.1 Å². The van der Waals surface area contributed by atoms with Gasteiger partial charge in [-0.2, -0.15) is 4.98 Å². The van der Waals surface area contributed by atoms with E-state index in [0.29, 0.717) is 12.0 Å². The molecule has 1 atom stereocenters. The molecule has 0 radical (unpaired) electrons. The standard InChI is InChI=1S/C10H17N3O/c1-7(2)10-12-9(13-14-10)8-5-3-4-6-11-8/h7-8,11H,3-6H2,1-2H3/t8-/m1/s1. The molecule has 1 aliphatic heterocycles. The van der Waals surface area contributed by atoms with Gasteiger partial charge in [-0.25, -0.2) is 0 Å². The molecule has 0 unspecified atom stereocenters. The molecule has 78 valence electrons. The van der Waals surface area contributed by atoms with Gasteiger partial charge in [0, 0.05) is 5.92 Å². The summed E-state index contributed by atoms with van der Waals surface area (Å²) in [5.41, 5.74) is 0. The molecule has 4 heteroatoms. The molecule has 0 spiro atoms. The van der Waals surface area contributed by atoms with Gasteiger partial charge in [0.25, 0.3) is 0 Å². The van der Waals surface area contributed by atoms with E-state index in [2.05, 4.69) is 29.3 Å². The van der Waals surface area contributed by atoms with Crippen LogP contribution in [0.1, 0.15) is 56.8 Å². The predicted molar refractivity (Wildman–Crippen MR) is 53.0 cm³/mol. The first-order valence-corrected chi connectivity index (χ1v) is 5.34. The molecule has 0 bridgehead atoms. The quantitative estimate of drug-likeness (QED) is 0.784. The van der Waals surface area contributed by atoms with Crippen LogP contribution in [0.25, 0.3) is 0 Å². The molecule has 1 saturated heterocycles. The van der Waals surface area contributed by atoms with Gasteiger partial charge in [-0.1, -0.05) is 25.4 Å². The monoisotopic (exact) mass is 195 g/mol. The van der Waals surface area contributed by atoms with Gasteiger partial charge >= 0.3 is 0 Å². The highest BCUT2D eigenvalue weighted by atomic mass is 16.5. The second-order valence-electron chi connectivity index (χ2n) is 4.15. The first-order valence-electron chi connectivity index (χ1n) is 5.34. The third kappa shape index (κ3) is 1.95. The van der Waals surface area contributed by atoms with Crippen molar-refractivity contribution in [2.75, 3.05) is 6.54 Å². The number of hydrogen-bond acceptors (Lipinski definition) is 4. The molecule has 1 fully saturated rings. The number of nitrogens with one attached hydrogen (secondary N) is 1. The topological polar surface area (TPSA) is 51.0 Å². The zero-order valence-electron chi connectivity index (χ0n) is 8.79. The highest BCUT2D eigenvalue weighted by Crippen LogP contribution is 2.21. The van der Waals surface area contributed by atoms with Crippen LogP contribution < -0.4 is 5.32 Å². The van der Waals surface area contributed by atoms with Crippen molar-refractivity contribution in [3.63, 3.8) is 0 Å². The maximum Gasteiger partial charge on any atom is 0.229 e. The third-order valence-electron chi connectivity index (χ3n) is 2.57. The van der Waals surface area contributed by atoms with Gasteiger partial charge in [-0.05, 0) is 19.4 Å². The second-order valence-corrected chi connectivity index (χ2v) is 4.15. The Kier molecular flexibility index (Phi) is 2.82. The average molecular weight is 195 g/mol. The van der Waals surface area contributed by atoms with E-state index in [-0.39, 0.29) is 0 Å². The summed E-state index contributed by atoms with van der Waals surface area (Å²) < 4.78 is 5.18. The third-order valence-corrected chi connectivity index (χ3v) is 2.57. The minimum absolute atomic E-state index is 0.306. The minimum Gasteiger partial charge on any atom is -0.339 e. The molecule has 1 aromatic heterocycles. The number of piperidine rings is 1. The van der Waals surface area contributed by atoms with E-state index in [1.54, 1.807) is 0 Å². The van der Waals surface area contributed by atoms with E-state index < -0.39 is 0 Å². The molecule has 14 heavy (non-hydrogen) atoms. The lowest BCUT2D eigenvalue weighted by Crippen LogP contribution is -2.27. The summed E-state index contributed by atoms with van der Waals surface area (Å²) >= 11 is 0. The van der Waals surface area contributed by atoms with Crippen LogP contribution in [0.15, 0.2) is 4.52 Å². The van der Waals surface area contributed by atoms with Gasteiger partial charge in [0.15, 0.2) is 5.82 Å². The molecular weight excluding hydrogens is 178 g/mol. The smallest absolute Gasteiger partial charge is 0.229 e. The van der Waals surface area contributed by atoms with Crippen LogP contribution in [0.3, 0.4) is 0 Å². The van der Waals surface area contributed by atoms with E-state index >= 15 is 0 Å². The molecule has 1 aromatic rings. The first kappa shape index (κ1) is 9.65. The fourth-order valence-electron chi connectivity index (χ4n) is 1.70. The molecule has 1 aliphatic rings. The summed E-state index contributed by atoms with van der Waals surface area (Å²) in [6, 6.07) is 0.306. The Morgan fingerprint density at radius 2 is 2.29 bits per heavy atom. The van der Waals surface area contributed by atoms with Gasteiger partial charge < -0.3 is 9.84 Å². The maximum absolute atomic E-state index is 5.18. The molecule has 4 nitrogen and oxygen atoms in total. The highest BCUT2D eigenvalue weighted by molar-refractivity contribution is 4.97. The zero-order chi connectivity index (χ0) is 9.97. The van der Waals surface area contributed by atoms with Crippen molar-refractivity contribution in [1.82, 2.24) is 15.5 Å². The molecule has 2 rings (SSSR count). The largest absolute Gasteiger partial charge is 0.339 e. The second kappa shape index (κ2) is 4.09. The molecule has 0 saturated carbocycles. The molecule has 0 aromatic carbocycles. The Hall–Kier alpha value is -0.900. The van der Waals surface area contributed by atoms with E-state index in [1.165, 1.54) is 12.8 Å². The van der Waals surface area contributed by atoms with Crippen molar-refractivity contribution >= 4 is 0 Å². The lowest BCUT2D eigenvalue weighted by Gasteiger charge is -2.19. The van der Waals surface area contributed by atoms with Crippen LogP contribution in [-0.2, 0) is 0 Å². The Morgan fingerprint density at radius 1 is 1.43 bits per heavy atom. The van der Waals surface area contributed by atoms with E-state index in [1.807, 2.05) is 0 Å². The average Bonchev–Trinajstić information content (AvgIpc) is 2.68.